The van der Waals surface area contributed by atoms with Gasteiger partial charge in [0.1, 0.15) is 11.3 Å². The Labute approximate surface area is 148 Å². The summed E-state index contributed by atoms with van der Waals surface area (Å²) in [5.41, 5.74) is 9.21. The summed E-state index contributed by atoms with van der Waals surface area (Å²) < 4.78 is 6.00. The van der Waals surface area contributed by atoms with E-state index in [4.69, 9.17) is 33.4 Å². The van der Waals surface area contributed by atoms with E-state index in [9.17, 15) is 4.79 Å². The van der Waals surface area contributed by atoms with Crippen molar-refractivity contribution in [3.63, 3.8) is 0 Å². The fourth-order valence-corrected chi connectivity index (χ4v) is 3.57. The Hall–Kier alpha value is -2.23. The molecular formula is C19H13Cl2NO2. The van der Waals surface area contributed by atoms with Gasteiger partial charge in [0.25, 0.3) is 0 Å². The normalized spacial score (nSPS) is 15.2. The molecule has 2 aromatic carbocycles. The van der Waals surface area contributed by atoms with Gasteiger partial charge in [-0.25, -0.2) is 0 Å². The van der Waals surface area contributed by atoms with E-state index < -0.39 is 0 Å². The summed E-state index contributed by atoms with van der Waals surface area (Å²) in [6, 6.07) is 10.5. The van der Waals surface area contributed by atoms with Crippen molar-refractivity contribution in [1.82, 2.24) is 0 Å². The van der Waals surface area contributed by atoms with Crippen molar-refractivity contribution >= 4 is 51.5 Å². The van der Waals surface area contributed by atoms with Crippen LogP contribution in [0.15, 0.2) is 45.6 Å². The highest BCUT2D eigenvalue weighted by molar-refractivity contribution is 6.37. The lowest BCUT2D eigenvalue weighted by Gasteiger charge is -2.06. The zero-order valence-corrected chi connectivity index (χ0v) is 14.1. The number of nitrogens with two attached hydrogens (primary N) is 1. The van der Waals surface area contributed by atoms with Crippen LogP contribution in [0.3, 0.4) is 0 Å². The first-order chi connectivity index (χ1) is 11.5. The van der Waals surface area contributed by atoms with Gasteiger partial charge >= 0.3 is 0 Å². The van der Waals surface area contributed by atoms with Crippen molar-refractivity contribution in [3.8, 4) is 0 Å². The maximum atomic E-state index is 12.7. The molecule has 3 aromatic rings. The van der Waals surface area contributed by atoms with Crippen LogP contribution in [-0.2, 0) is 6.42 Å². The maximum Gasteiger partial charge on any atom is 0.196 e. The first kappa shape index (κ1) is 15.3. The molecule has 0 unspecified atom stereocenters. The van der Waals surface area contributed by atoms with Crippen LogP contribution < -0.4 is 11.2 Å². The molecule has 4 rings (SSSR count). The fourth-order valence-electron chi connectivity index (χ4n) is 3.07. The molecule has 1 aliphatic rings. The second kappa shape index (κ2) is 5.69. The second-order valence-corrected chi connectivity index (χ2v) is 6.61. The van der Waals surface area contributed by atoms with Crippen molar-refractivity contribution < 1.29 is 4.42 Å². The van der Waals surface area contributed by atoms with E-state index in [2.05, 4.69) is 0 Å². The first-order valence-electron chi connectivity index (χ1n) is 7.55. The standard InChI is InChI=1S/C19H13Cl2NO2/c20-15-2-1-3-16(21)14(15)8-10-4-6-13-18(23)12-7-5-11(22)9-17(12)24-19(10)13/h1-3,5,7-9H,4,6,22H2. The largest absolute Gasteiger partial charge is 0.456 e. The minimum atomic E-state index is -0.0000874. The molecule has 120 valence electrons. The van der Waals surface area contributed by atoms with Crippen LogP contribution >= 0.6 is 23.2 Å². The molecule has 0 saturated carbocycles. The third kappa shape index (κ3) is 2.41. The van der Waals surface area contributed by atoms with Gasteiger partial charge in [0.05, 0.1) is 5.39 Å². The van der Waals surface area contributed by atoms with Gasteiger partial charge in [-0.15, -0.1) is 0 Å². The van der Waals surface area contributed by atoms with Gasteiger partial charge in [-0.1, -0.05) is 29.3 Å². The number of hydrogen-bond acceptors (Lipinski definition) is 3. The van der Waals surface area contributed by atoms with Gasteiger partial charge < -0.3 is 10.2 Å². The first-order valence-corrected chi connectivity index (χ1v) is 8.30. The molecule has 0 saturated heterocycles. The molecular weight excluding hydrogens is 345 g/mol. The molecule has 0 radical (unpaired) electrons. The van der Waals surface area contributed by atoms with Gasteiger partial charge in [0, 0.05) is 32.9 Å². The van der Waals surface area contributed by atoms with E-state index in [1.165, 1.54) is 0 Å². The van der Waals surface area contributed by atoms with Crippen molar-refractivity contribution in [2.45, 2.75) is 12.8 Å². The maximum absolute atomic E-state index is 12.7. The minimum absolute atomic E-state index is 0.0000874. The quantitative estimate of drug-likeness (QED) is 0.611. The number of anilines is 1. The number of halogens is 2. The number of allylic oxidation sites excluding steroid dienone is 1. The highest BCUT2D eigenvalue weighted by atomic mass is 35.5. The monoisotopic (exact) mass is 357 g/mol. The molecule has 0 bridgehead atoms. The van der Waals surface area contributed by atoms with E-state index in [1.54, 1.807) is 36.4 Å². The summed E-state index contributed by atoms with van der Waals surface area (Å²) in [6.07, 6.45) is 3.25. The molecule has 24 heavy (non-hydrogen) atoms. The van der Waals surface area contributed by atoms with E-state index in [1.807, 2.05) is 6.08 Å². The average molecular weight is 358 g/mol. The van der Waals surface area contributed by atoms with E-state index in [0.717, 1.165) is 11.1 Å². The number of benzene rings is 2. The van der Waals surface area contributed by atoms with E-state index >= 15 is 0 Å². The van der Waals surface area contributed by atoms with Gasteiger partial charge in [-0.2, -0.15) is 0 Å². The van der Waals surface area contributed by atoms with Crippen LogP contribution in [0, 0.1) is 0 Å². The molecule has 0 fully saturated rings. The molecule has 1 heterocycles. The molecule has 3 nitrogen and oxygen atoms in total. The van der Waals surface area contributed by atoms with E-state index in [-0.39, 0.29) is 5.43 Å². The highest BCUT2D eigenvalue weighted by Crippen LogP contribution is 2.37. The number of hydrogen-bond donors (Lipinski definition) is 1. The molecule has 0 amide bonds. The van der Waals surface area contributed by atoms with Gasteiger partial charge in [-0.3, -0.25) is 4.79 Å². The van der Waals surface area contributed by atoms with Crippen LogP contribution in [0.1, 0.15) is 23.3 Å². The Morgan fingerprint density at radius 2 is 1.83 bits per heavy atom. The molecule has 0 atom stereocenters. The number of nitrogen functional groups attached to an aromatic ring is 1. The topological polar surface area (TPSA) is 56.2 Å². The predicted molar refractivity (Wildman–Crippen MR) is 99.6 cm³/mol. The summed E-state index contributed by atoms with van der Waals surface area (Å²) in [5, 5.41) is 1.69. The lowest BCUT2D eigenvalue weighted by atomic mass is 10.1. The fraction of sp³-hybridized carbons (Fsp3) is 0.105. The Morgan fingerprint density at radius 3 is 2.58 bits per heavy atom. The zero-order valence-electron chi connectivity index (χ0n) is 12.6. The Balaban J connectivity index is 1.95. The number of rotatable bonds is 1. The van der Waals surface area contributed by atoms with Gasteiger partial charge in [0.15, 0.2) is 5.43 Å². The van der Waals surface area contributed by atoms with Gasteiger partial charge in [0.2, 0.25) is 0 Å². The average Bonchev–Trinajstić information content (AvgIpc) is 2.94. The molecule has 2 N–H and O–H groups in total. The second-order valence-electron chi connectivity index (χ2n) is 5.80. The van der Waals surface area contributed by atoms with Crippen LogP contribution in [0.2, 0.25) is 10.0 Å². The van der Waals surface area contributed by atoms with Crippen LogP contribution in [0.5, 0.6) is 0 Å². The van der Waals surface area contributed by atoms with Crippen molar-refractivity contribution in [2.75, 3.05) is 5.73 Å². The molecule has 5 heteroatoms. The molecule has 1 aromatic heterocycles. The summed E-state index contributed by atoms with van der Waals surface area (Å²) >= 11 is 12.5. The lowest BCUT2D eigenvalue weighted by molar-refractivity contribution is 0.585. The summed E-state index contributed by atoms with van der Waals surface area (Å²) in [7, 11) is 0. The van der Waals surface area contributed by atoms with Crippen LogP contribution in [-0.4, -0.2) is 0 Å². The van der Waals surface area contributed by atoms with Crippen molar-refractivity contribution in [1.29, 1.82) is 0 Å². The van der Waals surface area contributed by atoms with E-state index in [0.29, 0.717) is 50.9 Å². The predicted octanol–water partition coefficient (Wildman–Crippen LogP) is 5.17. The number of fused-ring (bicyclic) bond motifs is 2. The van der Waals surface area contributed by atoms with Crippen molar-refractivity contribution in [2.24, 2.45) is 0 Å². The smallest absolute Gasteiger partial charge is 0.196 e. The summed E-state index contributed by atoms with van der Waals surface area (Å²) in [5.74, 6) is 0.606. The van der Waals surface area contributed by atoms with Crippen molar-refractivity contribution in [3.05, 3.63) is 73.6 Å². The SMILES string of the molecule is Nc1ccc2c(=O)c3c(oc2c1)C(=Cc1c(Cl)cccc1Cl)CC3. The zero-order chi connectivity index (χ0) is 16.8. The minimum Gasteiger partial charge on any atom is -0.456 e. The highest BCUT2D eigenvalue weighted by Gasteiger charge is 2.24. The summed E-state index contributed by atoms with van der Waals surface area (Å²) in [4.78, 5) is 12.7. The Bertz CT molecular complexity index is 1050. The Morgan fingerprint density at radius 1 is 1.08 bits per heavy atom. The lowest BCUT2D eigenvalue weighted by Crippen LogP contribution is -2.08. The molecule has 0 aliphatic heterocycles. The molecule has 1 aliphatic carbocycles. The molecule has 0 spiro atoms. The van der Waals surface area contributed by atoms with Crippen LogP contribution in [0.25, 0.3) is 22.6 Å². The van der Waals surface area contributed by atoms with Crippen LogP contribution in [0.4, 0.5) is 5.69 Å². The third-order valence-electron chi connectivity index (χ3n) is 4.26. The summed E-state index contributed by atoms with van der Waals surface area (Å²) in [6.45, 7) is 0. The third-order valence-corrected chi connectivity index (χ3v) is 4.92. The Kier molecular flexibility index (Phi) is 3.63. The van der Waals surface area contributed by atoms with Gasteiger partial charge in [-0.05, 0) is 48.8 Å².